The van der Waals surface area contributed by atoms with Gasteiger partial charge in [0.2, 0.25) is 15.9 Å². The minimum absolute atomic E-state index is 0.405. The molecule has 0 atom stereocenters. The van der Waals surface area contributed by atoms with Crippen molar-refractivity contribution < 1.29 is 18.0 Å². The molecule has 1 saturated heterocycles. The molecule has 0 unspecified atom stereocenters. The van der Waals surface area contributed by atoms with Crippen LogP contribution in [-0.4, -0.2) is 37.5 Å². The third kappa shape index (κ3) is 1.48. The quantitative estimate of drug-likeness (QED) is 0.495. The highest BCUT2D eigenvalue weighted by molar-refractivity contribution is 7.88. The summed E-state index contributed by atoms with van der Waals surface area (Å²) in [5.41, 5.74) is 0. The number of carbonyl (C=O) groups excluding carboxylic acids is 2. The van der Waals surface area contributed by atoms with Gasteiger partial charge in [0.15, 0.2) is 0 Å². The van der Waals surface area contributed by atoms with Gasteiger partial charge >= 0.3 is 6.03 Å². The molecule has 1 aliphatic rings. The first-order valence-corrected chi connectivity index (χ1v) is 4.57. The molecule has 1 heterocycles. The Morgan fingerprint density at radius 2 is 2.00 bits per heavy atom. The maximum atomic E-state index is 10.7. The number of carbonyl (C=O) groups is 2. The van der Waals surface area contributed by atoms with Gasteiger partial charge in [0.05, 0.1) is 6.26 Å². The number of hydrogen-bond donors (Lipinski definition) is 1. The van der Waals surface area contributed by atoms with Gasteiger partial charge in [-0.15, -0.1) is 0 Å². The van der Waals surface area contributed by atoms with Crippen LogP contribution in [0.1, 0.15) is 0 Å². The standard InChI is InChI=1S/C4H6N2O4S/c1-11(9,10)6-2-3(7)5-4(6)8/h2H2,1H3,(H,5,7,8). The molecular weight excluding hydrogens is 172 g/mol. The van der Waals surface area contributed by atoms with Gasteiger partial charge in [-0.1, -0.05) is 0 Å². The molecule has 3 amide bonds. The number of nitrogens with zero attached hydrogens (tertiary/aromatic N) is 1. The Morgan fingerprint density at radius 1 is 1.45 bits per heavy atom. The van der Waals surface area contributed by atoms with E-state index in [4.69, 9.17) is 0 Å². The lowest BCUT2D eigenvalue weighted by Gasteiger charge is -2.07. The first-order chi connectivity index (χ1) is 4.91. The van der Waals surface area contributed by atoms with Crippen molar-refractivity contribution >= 4 is 22.0 Å². The van der Waals surface area contributed by atoms with Crippen molar-refractivity contribution in [1.29, 1.82) is 0 Å². The lowest BCUT2D eigenvalue weighted by molar-refractivity contribution is -0.118. The van der Waals surface area contributed by atoms with Crippen LogP contribution < -0.4 is 5.32 Å². The second-order valence-corrected chi connectivity index (χ2v) is 4.03. The molecule has 1 rings (SSSR count). The number of urea groups is 1. The van der Waals surface area contributed by atoms with E-state index in [-0.39, 0.29) is 0 Å². The van der Waals surface area contributed by atoms with Crippen LogP contribution in [-0.2, 0) is 14.8 Å². The summed E-state index contributed by atoms with van der Waals surface area (Å²) in [7, 11) is -3.58. The zero-order valence-electron chi connectivity index (χ0n) is 5.70. The van der Waals surface area contributed by atoms with E-state index in [0.717, 1.165) is 6.26 Å². The maximum absolute atomic E-state index is 10.7. The topological polar surface area (TPSA) is 83.6 Å². The van der Waals surface area contributed by atoms with Crippen molar-refractivity contribution in [2.45, 2.75) is 0 Å². The van der Waals surface area contributed by atoms with E-state index in [9.17, 15) is 18.0 Å². The minimum atomic E-state index is -3.58. The average Bonchev–Trinajstić information content (AvgIpc) is 2.08. The Kier molecular flexibility index (Phi) is 1.59. The van der Waals surface area contributed by atoms with E-state index in [1.54, 1.807) is 0 Å². The van der Waals surface area contributed by atoms with Crippen molar-refractivity contribution in [2.75, 3.05) is 12.8 Å². The SMILES string of the molecule is CS(=O)(=O)N1CC(=O)NC1=O. The second kappa shape index (κ2) is 2.19. The first kappa shape index (κ1) is 7.99. The third-order valence-corrected chi connectivity index (χ3v) is 2.26. The van der Waals surface area contributed by atoms with Gasteiger partial charge in [-0.3, -0.25) is 10.1 Å². The Morgan fingerprint density at radius 3 is 2.18 bits per heavy atom. The van der Waals surface area contributed by atoms with Gasteiger partial charge in [-0.2, -0.15) is 0 Å². The van der Waals surface area contributed by atoms with Gasteiger partial charge in [-0.25, -0.2) is 17.5 Å². The molecule has 0 spiro atoms. The molecule has 0 aromatic heterocycles. The number of sulfonamides is 1. The molecule has 0 aromatic rings. The summed E-state index contributed by atoms with van der Waals surface area (Å²) in [6.07, 6.45) is 0.866. The largest absolute Gasteiger partial charge is 0.338 e. The van der Waals surface area contributed by atoms with Crippen molar-refractivity contribution in [3.8, 4) is 0 Å². The van der Waals surface area contributed by atoms with Crippen LogP contribution in [0.4, 0.5) is 4.79 Å². The van der Waals surface area contributed by atoms with Crippen LogP contribution in [0.25, 0.3) is 0 Å². The van der Waals surface area contributed by atoms with Gasteiger partial charge in [-0.05, 0) is 0 Å². The molecule has 62 valence electrons. The van der Waals surface area contributed by atoms with Crippen LogP contribution >= 0.6 is 0 Å². The molecule has 1 N–H and O–H groups in total. The molecular formula is C4H6N2O4S. The lowest BCUT2D eigenvalue weighted by Crippen LogP contribution is -2.33. The monoisotopic (exact) mass is 178 g/mol. The van der Waals surface area contributed by atoms with Crippen molar-refractivity contribution in [1.82, 2.24) is 9.62 Å². The normalized spacial score (nSPS) is 18.8. The summed E-state index contributed by atoms with van der Waals surface area (Å²) in [4.78, 5) is 21.1. The Hall–Kier alpha value is -1.11. The second-order valence-electron chi connectivity index (χ2n) is 2.12. The van der Waals surface area contributed by atoms with E-state index in [1.165, 1.54) is 0 Å². The molecule has 0 bridgehead atoms. The molecule has 0 aliphatic carbocycles. The highest BCUT2D eigenvalue weighted by Crippen LogP contribution is 2.02. The number of rotatable bonds is 1. The fraction of sp³-hybridized carbons (Fsp3) is 0.500. The van der Waals surface area contributed by atoms with Crippen LogP contribution in [0, 0.1) is 0 Å². The molecule has 0 saturated carbocycles. The predicted molar refractivity (Wildman–Crippen MR) is 35.1 cm³/mol. The van der Waals surface area contributed by atoms with Gasteiger partial charge in [0.1, 0.15) is 6.54 Å². The maximum Gasteiger partial charge on any atom is 0.338 e. The van der Waals surface area contributed by atoms with Gasteiger partial charge < -0.3 is 0 Å². The van der Waals surface area contributed by atoms with Crippen LogP contribution in [0.15, 0.2) is 0 Å². The predicted octanol–water partition coefficient (Wildman–Crippen LogP) is -1.50. The summed E-state index contributed by atoms with van der Waals surface area (Å²) in [5.74, 6) is -0.597. The van der Waals surface area contributed by atoms with Crippen molar-refractivity contribution in [3.63, 3.8) is 0 Å². The number of hydrogen-bond acceptors (Lipinski definition) is 4. The molecule has 0 radical (unpaired) electrons. The number of nitrogens with one attached hydrogen (secondary N) is 1. The molecule has 1 aliphatic heterocycles. The van der Waals surface area contributed by atoms with E-state index >= 15 is 0 Å². The Balaban J connectivity index is 2.94. The van der Waals surface area contributed by atoms with E-state index < -0.39 is 28.5 Å². The summed E-state index contributed by atoms with van der Waals surface area (Å²) in [6.45, 7) is -0.405. The van der Waals surface area contributed by atoms with Crippen LogP contribution in [0.3, 0.4) is 0 Å². The average molecular weight is 178 g/mol. The smallest absolute Gasteiger partial charge is 0.276 e. The zero-order chi connectivity index (χ0) is 8.65. The summed E-state index contributed by atoms with van der Waals surface area (Å²) in [5, 5.41) is 1.84. The third-order valence-electron chi connectivity index (χ3n) is 1.16. The highest BCUT2D eigenvalue weighted by atomic mass is 32.2. The molecule has 11 heavy (non-hydrogen) atoms. The summed E-state index contributed by atoms with van der Waals surface area (Å²) < 4.78 is 21.9. The fourth-order valence-electron chi connectivity index (χ4n) is 0.691. The molecule has 1 fully saturated rings. The number of amides is 3. The van der Waals surface area contributed by atoms with E-state index in [2.05, 4.69) is 0 Å². The van der Waals surface area contributed by atoms with Crippen molar-refractivity contribution in [3.05, 3.63) is 0 Å². The number of imide groups is 1. The van der Waals surface area contributed by atoms with Crippen molar-refractivity contribution in [2.24, 2.45) is 0 Å². The first-order valence-electron chi connectivity index (χ1n) is 2.73. The van der Waals surface area contributed by atoms with Gasteiger partial charge in [0.25, 0.3) is 0 Å². The fourth-order valence-corrected chi connectivity index (χ4v) is 1.39. The Bertz CT molecular complexity index is 306. The lowest BCUT2D eigenvalue weighted by atomic mass is 10.7. The molecule has 7 heteroatoms. The van der Waals surface area contributed by atoms with Crippen LogP contribution in [0.2, 0.25) is 0 Å². The van der Waals surface area contributed by atoms with Gasteiger partial charge in [0, 0.05) is 0 Å². The summed E-state index contributed by atoms with van der Waals surface area (Å²) >= 11 is 0. The molecule has 0 aromatic carbocycles. The Labute approximate surface area is 63.2 Å². The highest BCUT2D eigenvalue weighted by Gasteiger charge is 2.33. The zero-order valence-corrected chi connectivity index (χ0v) is 6.51. The van der Waals surface area contributed by atoms with E-state index in [1.807, 2.05) is 5.32 Å². The summed E-state index contributed by atoms with van der Waals surface area (Å²) in [6, 6.07) is -0.877. The molecule has 6 nitrogen and oxygen atoms in total. The van der Waals surface area contributed by atoms with E-state index in [0.29, 0.717) is 4.31 Å². The van der Waals surface area contributed by atoms with Crippen LogP contribution in [0.5, 0.6) is 0 Å². The minimum Gasteiger partial charge on any atom is -0.276 e.